The van der Waals surface area contributed by atoms with Gasteiger partial charge in [-0.1, -0.05) is 12.1 Å². The first-order valence-corrected chi connectivity index (χ1v) is 5.59. The van der Waals surface area contributed by atoms with Gasteiger partial charge in [-0.3, -0.25) is 5.10 Å². The lowest BCUT2D eigenvalue weighted by Crippen LogP contribution is -2.02. The molecule has 90 valence electrons. The van der Waals surface area contributed by atoms with E-state index in [9.17, 15) is 0 Å². The highest BCUT2D eigenvalue weighted by Gasteiger charge is 2.07. The fourth-order valence-electron chi connectivity index (χ4n) is 1.81. The van der Waals surface area contributed by atoms with E-state index in [1.165, 1.54) is 5.56 Å². The number of nitrogens with zero attached hydrogens (tertiary/aromatic N) is 1. The summed E-state index contributed by atoms with van der Waals surface area (Å²) in [4.78, 5) is 0. The molecule has 1 aromatic carbocycles. The van der Waals surface area contributed by atoms with Crippen LogP contribution >= 0.6 is 0 Å². The lowest BCUT2D eigenvalue weighted by molar-refractivity contribution is 0.416. The number of aromatic nitrogens is 2. The van der Waals surface area contributed by atoms with Crippen LogP contribution in [0.4, 0.5) is 5.69 Å². The van der Waals surface area contributed by atoms with E-state index in [0.717, 1.165) is 29.4 Å². The van der Waals surface area contributed by atoms with Gasteiger partial charge in [0.1, 0.15) is 5.75 Å². The molecule has 0 amide bonds. The van der Waals surface area contributed by atoms with Crippen molar-refractivity contribution in [2.75, 3.05) is 12.4 Å². The molecule has 4 heteroatoms. The summed E-state index contributed by atoms with van der Waals surface area (Å²) in [6, 6.07) is 7.89. The second-order valence-electron chi connectivity index (χ2n) is 3.97. The summed E-state index contributed by atoms with van der Waals surface area (Å²) in [5, 5.41) is 10.5. The second-order valence-corrected chi connectivity index (χ2v) is 3.97. The minimum atomic E-state index is 0.745. The van der Waals surface area contributed by atoms with E-state index < -0.39 is 0 Å². The molecule has 2 aromatic rings. The van der Waals surface area contributed by atoms with E-state index in [2.05, 4.69) is 15.5 Å². The highest BCUT2D eigenvalue weighted by atomic mass is 16.5. The van der Waals surface area contributed by atoms with Crippen molar-refractivity contribution < 1.29 is 4.74 Å². The Morgan fingerprint density at radius 2 is 2.06 bits per heavy atom. The van der Waals surface area contributed by atoms with Gasteiger partial charge >= 0.3 is 0 Å². The van der Waals surface area contributed by atoms with Crippen molar-refractivity contribution in [2.45, 2.75) is 20.4 Å². The molecule has 0 radical (unpaired) electrons. The topological polar surface area (TPSA) is 49.9 Å². The highest BCUT2D eigenvalue weighted by Crippen LogP contribution is 2.24. The molecule has 0 aliphatic rings. The van der Waals surface area contributed by atoms with E-state index in [4.69, 9.17) is 4.74 Å². The van der Waals surface area contributed by atoms with Gasteiger partial charge in [-0.15, -0.1) is 0 Å². The van der Waals surface area contributed by atoms with Gasteiger partial charge in [0.05, 0.1) is 18.5 Å². The van der Waals surface area contributed by atoms with E-state index in [1.54, 1.807) is 7.11 Å². The third kappa shape index (κ3) is 2.41. The number of anilines is 1. The van der Waals surface area contributed by atoms with Crippen molar-refractivity contribution in [2.24, 2.45) is 0 Å². The average Bonchev–Trinajstić information content (AvgIpc) is 2.67. The van der Waals surface area contributed by atoms with Gasteiger partial charge in [-0.05, 0) is 26.0 Å². The Kier molecular flexibility index (Phi) is 3.32. The predicted molar refractivity (Wildman–Crippen MR) is 68.4 cm³/mol. The SMILES string of the molecule is COc1ccccc1NCc1c(C)n[nH]c1C. The molecule has 0 saturated carbocycles. The molecule has 0 aliphatic heterocycles. The standard InChI is InChI=1S/C13H17N3O/c1-9-11(10(2)16-15-9)8-14-12-6-4-5-7-13(12)17-3/h4-7,14H,8H2,1-3H3,(H,15,16). The van der Waals surface area contributed by atoms with Gasteiger partial charge < -0.3 is 10.1 Å². The Hall–Kier alpha value is -1.97. The molecule has 2 rings (SSSR count). The third-order valence-electron chi connectivity index (χ3n) is 2.84. The second kappa shape index (κ2) is 4.91. The summed E-state index contributed by atoms with van der Waals surface area (Å²) in [6.45, 7) is 4.77. The van der Waals surface area contributed by atoms with Crippen molar-refractivity contribution in [3.05, 3.63) is 41.2 Å². The van der Waals surface area contributed by atoms with Crippen LogP contribution in [0.15, 0.2) is 24.3 Å². The zero-order valence-corrected chi connectivity index (χ0v) is 10.4. The minimum Gasteiger partial charge on any atom is -0.495 e. The summed E-state index contributed by atoms with van der Waals surface area (Å²) >= 11 is 0. The quantitative estimate of drug-likeness (QED) is 0.850. The smallest absolute Gasteiger partial charge is 0.141 e. The van der Waals surface area contributed by atoms with Crippen LogP contribution in [0, 0.1) is 13.8 Å². The largest absolute Gasteiger partial charge is 0.495 e. The molecule has 0 atom stereocenters. The first-order chi connectivity index (χ1) is 8.22. The highest BCUT2D eigenvalue weighted by molar-refractivity contribution is 5.56. The van der Waals surface area contributed by atoms with Crippen LogP contribution in [0.2, 0.25) is 0 Å². The maximum Gasteiger partial charge on any atom is 0.141 e. The van der Waals surface area contributed by atoms with E-state index in [-0.39, 0.29) is 0 Å². The summed E-state index contributed by atoms with van der Waals surface area (Å²) in [5.41, 5.74) is 4.33. The number of aromatic amines is 1. The van der Waals surface area contributed by atoms with Crippen LogP contribution in [0.3, 0.4) is 0 Å². The molecular formula is C13H17N3O. The Morgan fingerprint density at radius 1 is 1.29 bits per heavy atom. The van der Waals surface area contributed by atoms with Crippen molar-refractivity contribution in [3.8, 4) is 5.75 Å². The third-order valence-corrected chi connectivity index (χ3v) is 2.84. The van der Waals surface area contributed by atoms with Gasteiger partial charge in [0.15, 0.2) is 0 Å². The lowest BCUT2D eigenvalue weighted by Gasteiger charge is -2.10. The number of ether oxygens (including phenoxy) is 1. The first kappa shape index (κ1) is 11.5. The van der Waals surface area contributed by atoms with Crippen LogP contribution in [0.1, 0.15) is 17.0 Å². The van der Waals surface area contributed by atoms with Crippen LogP contribution in [-0.4, -0.2) is 17.3 Å². The number of hydrogen-bond donors (Lipinski definition) is 2. The molecule has 0 spiro atoms. The maximum atomic E-state index is 5.29. The Bertz CT molecular complexity index is 486. The molecule has 1 heterocycles. The minimum absolute atomic E-state index is 0.745. The Morgan fingerprint density at radius 3 is 2.71 bits per heavy atom. The summed E-state index contributed by atoms with van der Waals surface area (Å²) in [5.74, 6) is 0.853. The molecule has 17 heavy (non-hydrogen) atoms. The van der Waals surface area contributed by atoms with E-state index in [0.29, 0.717) is 0 Å². The van der Waals surface area contributed by atoms with Crippen LogP contribution in [-0.2, 0) is 6.54 Å². The lowest BCUT2D eigenvalue weighted by atomic mass is 10.2. The van der Waals surface area contributed by atoms with Crippen molar-refractivity contribution in [3.63, 3.8) is 0 Å². The summed E-state index contributed by atoms with van der Waals surface area (Å²) < 4.78 is 5.29. The summed E-state index contributed by atoms with van der Waals surface area (Å²) in [7, 11) is 1.68. The van der Waals surface area contributed by atoms with Gasteiger partial charge in [0.25, 0.3) is 0 Å². The van der Waals surface area contributed by atoms with Gasteiger partial charge in [0, 0.05) is 17.8 Å². The maximum absolute atomic E-state index is 5.29. The summed E-state index contributed by atoms with van der Waals surface area (Å²) in [6.07, 6.45) is 0. The molecular weight excluding hydrogens is 214 g/mol. The van der Waals surface area contributed by atoms with Gasteiger partial charge in [-0.25, -0.2) is 0 Å². The van der Waals surface area contributed by atoms with Gasteiger partial charge in [0.2, 0.25) is 0 Å². The monoisotopic (exact) mass is 231 g/mol. The number of methoxy groups -OCH3 is 1. The zero-order valence-electron chi connectivity index (χ0n) is 10.4. The predicted octanol–water partition coefficient (Wildman–Crippen LogP) is 2.65. The molecule has 4 nitrogen and oxygen atoms in total. The average molecular weight is 231 g/mol. The van der Waals surface area contributed by atoms with Crippen LogP contribution in [0.5, 0.6) is 5.75 Å². The number of nitrogens with one attached hydrogen (secondary N) is 2. The number of para-hydroxylation sites is 2. The molecule has 0 aliphatic carbocycles. The van der Waals surface area contributed by atoms with Crippen LogP contribution in [0.25, 0.3) is 0 Å². The van der Waals surface area contributed by atoms with Crippen molar-refractivity contribution in [1.29, 1.82) is 0 Å². The van der Waals surface area contributed by atoms with Crippen molar-refractivity contribution >= 4 is 5.69 Å². The Balaban J connectivity index is 2.12. The zero-order chi connectivity index (χ0) is 12.3. The molecule has 0 fully saturated rings. The number of hydrogen-bond acceptors (Lipinski definition) is 3. The number of aryl methyl sites for hydroxylation is 2. The number of rotatable bonds is 4. The number of benzene rings is 1. The molecule has 0 saturated heterocycles. The van der Waals surface area contributed by atoms with Gasteiger partial charge in [-0.2, -0.15) is 5.10 Å². The fourth-order valence-corrected chi connectivity index (χ4v) is 1.81. The fraction of sp³-hybridized carbons (Fsp3) is 0.308. The van der Waals surface area contributed by atoms with Crippen molar-refractivity contribution in [1.82, 2.24) is 10.2 Å². The molecule has 2 N–H and O–H groups in total. The normalized spacial score (nSPS) is 10.3. The Labute approximate surface area is 101 Å². The molecule has 1 aromatic heterocycles. The van der Waals surface area contributed by atoms with E-state index >= 15 is 0 Å². The van der Waals surface area contributed by atoms with E-state index in [1.807, 2.05) is 38.1 Å². The molecule has 0 unspecified atom stereocenters. The molecule has 0 bridgehead atoms. The van der Waals surface area contributed by atoms with Crippen LogP contribution < -0.4 is 10.1 Å². The number of H-pyrrole nitrogens is 1. The first-order valence-electron chi connectivity index (χ1n) is 5.59.